The fraction of sp³-hybridized carbons (Fsp3) is 0.583. The first kappa shape index (κ1) is 38.4. The number of hydrogen-bond acceptors (Lipinski definition) is 7. The molecule has 4 N–H and O–H groups in total. The Hall–Kier alpha value is -3.45. The number of furan rings is 1. The van der Waals surface area contributed by atoms with Gasteiger partial charge in [-0.3, -0.25) is 4.79 Å². The summed E-state index contributed by atoms with van der Waals surface area (Å²) in [4.78, 5) is 13.3. The van der Waals surface area contributed by atoms with Gasteiger partial charge < -0.3 is 30.1 Å². The first-order valence-electron chi connectivity index (χ1n) is 16.5. The molecule has 272 valence electrons. The Bertz CT molecular complexity index is 1610. The molecule has 1 fully saturated rings. The Balaban J connectivity index is 1.56. The quantitative estimate of drug-likeness (QED) is 0.104. The topological polar surface area (TPSA) is 110 Å². The molecule has 1 aromatic heterocycles. The van der Waals surface area contributed by atoms with Gasteiger partial charge in [-0.2, -0.15) is 13.2 Å². The molecule has 1 aliphatic carbocycles. The molecule has 7 nitrogen and oxygen atoms in total. The van der Waals surface area contributed by atoms with E-state index in [1.807, 2.05) is 6.92 Å². The number of aryl methyl sites for hydroxylation is 1. The number of carbonyl (C=O) groups is 1. The number of hydrogen-bond donors (Lipinski definition) is 2. The number of carbonyl (C=O) groups excluding carboxylic acids is 1. The van der Waals surface area contributed by atoms with Crippen molar-refractivity contribution in [2.24, 2.45) is 22.8 Å². The second-order valence-electron chi connectivity index (χ2n) is 14.6. The van der Waals surface area contributed by atoms with Crippen molar-refractivity contribution in [1.82, 2.24) is 0 Å². The molecule has 3 aromatic rings. The van der Waals surface area contributed by atoms with E-state index in [0.29, 0.717) is 17.4 Å². The van der Waals surface area contributed by atoms with Gasteiger partial charge in [-0.1, -0.05) is 25.8 Å². The van der Waals surface area contributed by atoms with Gasteiger partial charge in [-0.15, -0.1) is 13.2 Å². The van der Waals surface area contributed by atoms with Crippen molar-refractivity contribution < 1.29 is 49.8 Å². The molecule has 49 heavy (non-hydrogen) atoms. The van der Waals surface area contributed by atoms with E-state index >= 15 is 0 Å². The molecule has 0 saturated heterocycles. The highest BCUT2D eigenvalue weighted by atomic mass is 19.4. The van der Waals surface area contributed by atoms with Crippen molar-refractivity contribution in [2.75, 3.05) is 0 Å². The predicted octanol–water partition coefficient (Wildman–Crippen LogP) is 9.23. The molecule has 0 amide bonds. The summed E-state index contributed by atoms with van der Waals surface area (Å²) in [6.45, 7) is 10.2. The summed E-state index contributed by atoms with van der Waals surface area (Å²) in [7, 11) is 0. The highest BCUT2D eigenvalue weighted by Gasteiger charge is 2.57. The van der Waals surface area contributed by atoms with Gasteiger partial charge in [-0.05, 0) is 103 Å². The first-order valence-corrected chi connectivity index (χ1v) is 16.5. The lowest BCUT2D eigenvalue weighted by atomic mass is 9.68. The third-order valence-corrected chi connectivity index (χ3v) is 9.32. The summed E-state index contributed by atoms with van der Waals surface area (Å²) >= 11 is 0. The van der Waals surface area contributed by atoms with Gasteiger partial charge in [-0.25, -0.2) is 0 Å². The van der Waals surface area contributed by atoms with Crippen molar-refractivity contribution in [2.45, 2.75) is 122 Å². The monoisotopic (exact) mass is 700 g/mol. The first-order chi connectivity index (χ1) is 22.5. The Kier molecular flexibility index (Phi) is 11.0. The van der Waals surface area contributed by atoms with Crippen LogP contribution in [0, 0.1) is 11.3 Å². The summed E-state index contributed by atoms with van der Waals surface area (Å²) in [5, 5.41) is 0.491. The number of halogens is 6. The molecule has 2 aromatic carbocycles. The number of rotatable bonds is 13. The second kappa shape index (κ2) is 14.0. The van der Waals surface area contributed by atoms with Crippen molar-refractivity contribution in [3.8, 4) is 22.8 Å². The standard InChI is InChI=1S/C36H46F6N2O5/c1-7-8-9-10-21-11-14-24(29(17-21)49-36(40,41)42)28-18-22-12-13-23(19-27(22)47-28)46-25-15-16-26(30(25)35(37,38)39)48-31(45)33(4,5)34(6,44)20-32(2,3)43/h11-14,17-19,25-26,30H,7-10,15-16,20,43-44H2,1-6H3. The molecule has 1 heterocycles. The van der Waals surface area contributed by atoms with Crippen LogP contribution in [-0.2, 0) is 16.0 Å². The average molecular weight is 701 g/mol. The fourth-order valence-corrected chi connectivity index (χ4v) is 6.40. The average Bonchev–Trinajstić information content (AvgIpc) is 3.54. The third-order valence-electron chi connectivity index (χ3n) is 9.32. The normalized spacial score (nSPS) is 20.3. The zero-order valence-electron chi connectivity index (χ0n) is 28.7. The van der Waals surface area contributed by atoms with Gasteiger partial charge in [0.1, 0.15) is 41.0 Å². The lowest BCUT2D eigenvalue weighted by Crippen LogP contribution is -2.59. The van der Waals surface area contributed by atoms with Crippen LogP contribution in [0.3, 0.4) is 0 Å². The molecule has 4 atom stereocenters. The smallest absolute Gasteiger partial charge is 0.489 e. The number of nitrogens with two attached hydrogens (primary N) is 2. The summed E-state index contributed by atoms with van der Waals surface area (Å²) in [5.74, 6) is -3.27. The van der Waals surface area contributed by atoms with Crippen LogP contribution in [0.1, 0.15) is 85.6 Å². The van der Waals surface area contributed by atoms with Crippen LogP contribution < -0.4 is 20.9 Å². The van der Waals surface area contributed by atoms with Gasteiger partial charge in [0.2, 0.25) is 0 Å². The van der Waals surface area contributed by atoms with Crippen LogP contribution in [0.4, 0.5) is 26.3 Å². The van der Waals surface area contributed by atoms with Crippen LogP contribution in [0.25, 0.3) is 22.3 Å². The third kappa shape index (κ3) is 9.42. The summed E-state index contributed by atoms with van der Waals surface area (Å²) in [6, 6.07) is 10.5. The van der Waals surface area contributed by atoms with E-state index in [0.717, 1.165) is 19.3 Å². The van der Waals surface area contributed by atoms with Crippen LogP contribution >= 0.6 is 0 Å². The van der Waals surface area contributed by atoms with E-state index < -0.39 is 58.9 Å². The lowest BCUT2D eigenvalue weighted by Gasteiger charge is -2.43. The van der Waals surface area contributed by atoms with Crippen molar-refractivity contribution in [3.05, 3.63) is 48.0 Å². The van der Waals surface area contributed by atoms with E-state index in [9.17, 15) is 31.1 Å². The largest absolute Gasteiger partial charge is 0.573 e. The molecule has 1 aliphatic rings. The van der Waals surface area contributed by atoms with Crippen molar-refractivity contribution in [1.29, 1.82) is 0 Å². The number of ether oxygens (including phenoxy) is 3. The molecule has 4 unspecified atom stereocenters. The maximum atomic E-state index is 14.5. The van der Waals surface area contributed by atoms with Gasteiger partial charge in [0.15, 0.2) is 0 Å². The van der Waals surface area contributed by atoms with E-state index in [4.69, 9.17) is 25.4 Å². The number of esters is 1. The van der Waals surface area contributed by atoms with Crippen molar-refractivity contribution in [3.63, 3.8) is 0 Å². The van der Waals surface area contributed by atoms with Crippen LogP contribution in [0.15, 0.2) is 46.9 Å². The van der Waals surface area contributed by atoms with E-state index in [-0.39, 0.29) is 41.9 Å². The summed E-state index contributed by atoms with van der Waals surface area (Å²) in [6.07, 6.45) is -9.24. The Labute approximate surface area is 282 Å². The number of fused-ring (bicyclic) bond motifs is 1. The molecule has 1 saturated carbocycles. The van der Waals surface area contributed by atoms with Gasteiger partial charge in [0.25, 0.3) is 0 Å². The Morgan fingerprint density at radius 2 is 1.57 bits per heavy atom. The van der Waals surface area contributed by atoms with Gasteiger partial charge in [0.05, 0.1) is 11.0 Å². The highest BCUT2D eigenvalue weighted by molar-refractivity contribution is 5.85. The minimum atomic E-state index is -4.94. The molecular formula is C36H46F6N2O5. The van der Waals surface area contributed by atoms with Crippen LogP contribution in [0.5, 0.6) is 11.5 Å². The minimum absolute atomic E-state index is 0.0531. The van der Waals surface area contributed by atoms with Crippen molar-refractivity contribution >= 4 is 16.9 Å². The molecule has 0 radical (unpaired) electrons. The van der Waals surface area contributed by atoms with Gasteiger partial charge >= 0.3 is 18.5 Å². The second-order valence-corrected chi connectivity index (χ2v) is 14.6. The molecule has 0 aliphatic heterocycles. The summed E-state index contributed by atoms with van der Waals surface area (Å²) < 4.78 is 105. The number of alkyl halides is 6. The van der Waals surface area contributed by atoms with E-state index in [1.165, 1.54) is 44.2 Å². The zero-order valence-corrected chi connectivity index (χ0v) is 28.7. The number of benzene rings is 2. The maximum Gasteiger partial charge on any atom is 0.573 e. The molecule has 13 heteroatoms. The maximum absolute atomic E-state index is 14.5. The Morgan fingerprint density at radius 3 is 2.18 bits per heavy atom. The number of unbranched alkanes of at least 4 members (excludes halogenated alkanes) is 2. The molecule has 0 bridgehead atoms. The Morgan fingerprint density at radius 1 is 0.898 bits per heavy atom. The van der Waals surface area contributed by atoms with E-state index in [1.54, 1.807) is 32.9 Å². The molecule has 4 rings (SSSR count). The van der Waals surface area contributed by atoms with Crippen LogP contribution in [0.2, 0.25) is 0 Å². The molecular weight excluding hydrogens is 654 g/mol. The molecule has 0 spiro atoms. The SMILES string of the molecule is CCCCCc1ccc(-c2cc3ccc(OC4CCC(OC(=O)C(C)(C)C(C)(N)CC(C)(C)N)C4C(F)(F)F)cc3o2)c(OC(F)(F)F)c1. The highest BCUT2D eigenvalue weighted by Crippen LogP contribution is 2.45. The van der Waals surface area contributed by atoms with Crippen LogP contribution in [-0.4, -0.2) is 41.8 Å². The van der Waals surface area contributed by atoms with E-state index in [2.05, 4.69) is 4.74 Å². The predicted molar refractivity (Wildman–Crippen MR) is 174 cm³/mol. The van der Waals surface area contributed by atoms with Gasteiger partial charge in [0, 0.05) is 22.5 Å². The zero-order chi connectivity index (χ0) is 36.6. The lowest BCUT2D eigenvalue weighted by molar-refractivity contribution is -0.274. The summed E-state index contributed by atoms with van der Waals surface area (Å²) in [5.41, 5.74) is 10.2. The fourth-order valence-electron chi connectivity index (χ4n) is 6.40. The minimum Gasteiger partial charge on any atom is -0.489 e.